The van der Waals surface area contributed by atoms with Crippen LogP contribution < -0.4 is 9.47 Å². The Morgan fingerprint density at radius 1 is 0.643 bits per heavy atom. The van der Waals surface area contributed by atoms with Gasteiger partial charge in [0.15, 0.2) is 5.78 Å². The maximum atomic E-state index is 15.7. The number of hydrogen-bond donors (Lipinski definition) is 0. The first-order valence-corrected chi connectivity index (χ1v) is 21.4. The van der Waals surface area contributed by atoms with E-state index in [1.54, 1.807) is 22.7 Å². The van der Waals surface area contributed by atoms with Crippen LogP contribution >= 0.6 is 22.7 Å². The molecule has 8 rings (SSSR count). The molecular formula is C45H48N6O3S2. The van der Waals surface area contributed by atoms with Gasteiger partial charge >= 0.3 is 0 Å². The lowest BCUT2D eigenvalue weighted by atomic mass is 9.91. The summed E-state index contributed by atoms with van der Waals surface area (Å²) in [4.78, 5) is 39.8. The van der Waals surface area contributed by atoms with E-state index in [4.69, 9.17) is 19.4 Å². The highest BCUT2D eigenvalue weighted by Crippen LogP contribution is 2.39. The third-order valence-electron chi connectivity index (χ3n) is 10.9. The predicted molar refractivity (Wildman–Crippen MR) is 223 cm³/mol. The number of nitrogens with zero attached hydrogens (tertiary/aromatic N) is 6. The molecule has 2 aliphatic rings. The molecule has 2 unspecified atom stereocenters. The van der Waals surface area contributed by atoms with Gasteiger partial charge in [0, 0.05) is 45.7 Å². The van der Waals surface area contributed by atoms with Gasteiger partial charge in [0.2, 0.25) is 0 Å². The number of likely N-dealkylation sites (tertiary alicyclic amines) is 2. The fourth-order valence-electron chi connectivity index (χ4n) is 7.91. The van der Waals surface area contributed by atoms with E-state index in [2.05, 4.69) is 42.7 Å². The second-order valence-corrected chi connectivity index (χ2v) is 16.4. The number of para-hydroxylation sites is 2. The fraction of sp³-hybridized carbons (Fsp3) is 0.356. The van der Waals surface area contributed by atoms with Crippen LogP contribution in [-0.4, -0.2) is 73.9 Å². The van der Waals surface area contributed by atoms with Crippen molar-refractivity contribution < 1.29 is 14.3 Å². The Kier molecular flexibility index (Phi) is 12.2. The number of piperidine rings is 2. The number of ketones is 1. The lowest BCUT2D eigenvalue weighted by molar-refractivity contribution is -0.136. The molecule has 2 aliphatic heterocycles. The van der Waals surface area contributed by atoms with E-state index in [9.17, 15) is 0 Å². The summed E-state index contributed by atoms with van der Waals surface area (Å²) in [5.41, 5.74) is 5.96. The number of aromatic nitrogens is 4. The molecule has 4 atom stereocenters. The number of Topliss-reactive ketones (excluding diaryl/α,β-unsaturated/α-hetero) is 1. The van der Waals surface area contributed by atoms with Crippen molar-refractivity contribution in [2.75, 3.05) is 26.3 Å². The molecule has 0 bridgehead atoms. The lowest BCUT2D eigenvalue weighted by Crippen LogP contribution is -2.58. The van der Waals surface area contributed by atoms with Gasteiger partial charge in [0.1, 0.15) is 46.8 Å². The molecule has 2 saturated heterocycles. The maximum absolute atomic E-state index is 15.7. The molecule has 4 aromatic heterocycles. The number of aryl methyl sites for hydroxylation is 2. The van der Waals surface area contributed by atoms with Crippen molar-refractivity contribution in [2.24, 2.45) is 0 Å². The van der Waals surface area contributed by atoms with Gasteiger partial charge in [-0.1, -0.05) is 49.2 Å². The molecule has 2 aromatic carbocycles. The zero-order chi connectivity index (χ0) is 38.3. The van der Waals surface area contributed by atoms with Gasteiger partial charge in [-0.25, -0.2) is 9.97 Å². The van der Waals surface area contributed by atoms with E-state index in [0.717, 1.165) is 107 Å². The number of benzene rings is 2. The first-order chi connectivity index (χ1) is 27.5. The number of rotatable bonds is 14. The van der Waals surface area contributed by atoms with Gasteiger partial charge in [0.25, 0.3) is 0 Å². The Morgan fingerprint density at radius 2 is 1.09 bits per heavy atom. The van der Waals surface area contributed by atoms with E-state index < -0.39 is 12.1 Å². The first-order valence-electron chi connectivity index (χ1n) is 19.7. The van der Waals surface area contributed by atoms with Gasteiger partial charge in [-0.3, -0.25) is 24.6 Å². The van der Waals surface area contributed by atoms with E-state index in [-0.39, 0.29) is 31.1 Å². The van der Waals surface area contributed by atoms with Crippen molar-refractivity contribution in [1.29, 1.82) is 0 Å². The topological polar surface area (TPSA) is 93.6 Å². The third kappa shape index (κ3) is 8.92. The molecular weight excluding hydrogens is 737 g/mol. The number of pyridine rings is 2. The minimum atomic E-state index is -0.539. The molecule has 11 heteroatoms. The molecule has 2 fully saturated rings. The van der Waals surface area contributed by atoms with Crippen molar-refractivity contribution in [3.63, 3.8) is 0 Å². The molecule has 288 valence electrons. The summed E-state index contributed by atoms with van der Waals surface area (Å²) in [6, 6.07) is 26.7. The summed E-state index contributed by atoms with van der Waals surface area (Å²) >= 11 is 3.27. The highest BCUT2D eigenvalue weighted by atomic mass is 32.1. The van der Waals surface area contributed by atoms with Crippen LogP contribution in [0.5, 0.6) is 11.5 Å². The average Bonchev–Trinajstić information content (AvgIpc) is 3.94. The van der Waals surface area contributed by atoms with E-state index in [1.165, 1.54) is 0 Å². The Morgan fingerprint density at radius 3 is 1.50 bits per heavy atom. The number of hydrogen-bond acceptors (Lipinski definition) is 11. The minimum absolute atomic E-state index is 0.0301. The van der Waals surface area contributed by atoms with Crippen molar-refractivity contribution in [3.8, 4) is 32.6 Å². The molecule has 0 spiro atoms. The summed E-state index contributed by atoms with van der Waals surface area (Å²) in [6.45, 7) is 5.97. The van der Waals surface area contributed by atoms with Gasteiger partial charge in [-0.2, -0.15) is 0 Å². The molecule has 6 aromatic rings. The van der Waals surface area contributed by atoms with E-state index in [1.807, 2.05) is 99.0 Å². The zero-order valence-electron chi connectivity index (χ0n) is 32.0. The third-order valence-corrected chi connectivity index (χ3v) is 12.7. The van der Waals surface area contributed by atoms with Gasteiger partial charge in [-0.15, -0.1) is 22.7 Å². The Bertz CT molecular complexity index is 2010. The van der Waals surface area contributed by atoms with Crippen LogP contribution in [0, 0.1) is 13.8 Å². The van der Waals surface area contributed by atoms with Crippen molar-refractivity contribution >= 4 is 28.5 Å². The maximum Gasteiger partial charge on any atom is 0.174 e. The van der Waals surface area contributed by atoms with Crippen molar-refractivity contribution in [3.05, 3.63) is 131 Å². The molecule has 0 N–H and O–H groups in total. The summed E-state index contributed by atoms with van der Waals surface area (Å²) in [6.07, 6.45) is 9.75. The average molecular weight is 785 g/mol. The second-order valence-electron chi connectivity index (χ2n) is 14.7. The number of carbonyl (C=O) groups excluding carboxylic acids is 1. The number of ether oxygens (including phenoxy) is 2. The Labute approximate surface area is 337 Å². The highest BCUT2D eigenvalue weighted by molar-refractivity contribution is 7.13. The molecule has 6 heterocycles. The second kappa shape index (κ2) is 18.0. The number of carbonyl (C=O) groups is 1. The molecule has 0 saturated carbocycles. The van der Waals surface area contributed by atoms with Crippen molar-refractivity contribution in [2.45, 2.75) is 76.5 Å². The van der Waals surface area contributed by atoms with Crippen LogP contribution in [0.4, 0.5) is 0 Å². The SMILES string of the molecule is Cc1ccc(-c2nc([C@H]3CCCCN3C(COc3ccccc3)C(=O)C(COc3ccccc3)N3CCCC[C@@H]3c3csc(-c4ccc(C)nc4)n3)cs2)cn1. The first kappa shape index (κ1) is 38.1. The van der Waals surface area contributed by atoms with Crippen LogP contribution in [0.25, 0.3) is 21.1 Å². The van der Waals surface area contributed by atoms with Crippen LogP contribution in [0.2, 0.25) is 0 Å². The van der Waals surface area contributed by atoms with Gasteiger partial charge in [0.05, 0.1) is 23.5 Å². The fourth-order valence-corrected chi connectivity index (χ4v) is 9.62. The molecule has 0 radical (unpaired) electrons. The van der Waals surface area contributed by atoms with Crippen molar-refractivity contribution in [1.82, 2.24) is 29.7 Å². The molecule has 0 aliphatic carbocycles. The molecule has 0 amide bonds. The van der Waals surface area contributed by atoms with Crippen LogP contribution in [0.15, 0.2) is 108 Å². The smallest absolute Gasteiger partial charge is 0.174 e. The largest absolute Gasteiger partial charge is 0.491 e. The van der Waals surface area contributed by atoms with Gasteiger partial charge < -0.3 is 9.47 Å². The lowest BCUT2D eigenvalue weighted by Gasteiger charge is -2.44. The molecule has 9 nitrogen and oxygen atoms in total. The summed E-state index contributed by atoms with van der Waals surface area (Å²) in [7, 11) is 0. The van der Waals surface area contributed by atoms with E-state index in [0.29, 0.717) is 0 Å². The van der Waals surface area contributed by atoms with Crippen LogP contribution in [0.1, 0.15) is 73.4 Å². The van der Waals surface area contributed by atoms with Gasteiger partial charge in [-0.05, 0) is 101 Å². The monoisotopic (exact) mass is 784 g/mol. The highest BCUT2D eigenvalue weighted by Gasteiger charge is 2.43. The van der Waals surface area contributed by atoms with E-state index >= 15 is 4.79 Å². The van der Waals surface area contributed by atoms with Crippen LogP contribution in [-0.2, 0) is 4.79 Å². The standard InChI is InChI=1S/C45H48N6O3S2/c1-31-19-21-33(25-46-31)44-48-37(29-55-44)39-17-9-11-23-50(39)41(27-53-35-13-5-3-6-14-35)43(52)42(28-54-36-15-7-4-8-16-36)51-24-12-10-18-40(51)38-30-56-45(49-38)34-22-20-32(2)47-26-34/h3-8,13-16,19-22,25-26,29-30,39-42H,9-12,17-18,23-24,27-28H2,1-2H3/t39-,40-,41?,42?/m1/s1. The summed E-state index contributed by atoms with van der Waals surface area (Å²) in [5, 5.41) is 6.21. The quantitative estimate of drug-likeness (QED) is 0.107. The summed E-state index contributed by atoms with van der Waals surface area (Å²) < 4.78 is 13.0. The Hall–Kier alpha value is -4.81. The minimum Gasteiger partial charge on any atom is -0.491 e. The Balaban J connectivity index is 1.14. The normalized spacial score (nSPS) is 19.0. The number of thiazole rings is 2. The predicted octanol–water partition coefficient (Wildman–Crippen LogP) is 9.56. The zero-order valence-corrected chi connectivity index (χ0v) is 33.6. The summed E-state index contributed by atoms with van der Waals surface area (Å²) in [5.74, 6) is 1.59. The molecule has 56 heavy (non-hydrogen) atoms. The van der Waals surface area contributed by atoms with Crippen LogP contribution in [0.3, 0.4) is 0 Å².